The van der Waals surface area contributed by atoms with E-state index in [-0.39, 0.29) is 19.1 Å². The number of carbonyl (C=O) groups is 2. The standard InChI is InChI=1S/C15H21NO5/c1-5-20-13-9-11(7-8-12(13)19-4)15(18)16(3)10-14(17)21-6-2/h7-9H,5-6,10H2,1-4H3. The van der Waals surface area contributed by atoms with E-state index in [4.69, 9.17) is 14.2 Å². The number of benzene rings is 1. The maximum Gasteiger partial charge on any atom is 0.325 e. The van der Waals surface area contributed by atoms with Crippen LogP contribution in [0.3, 0.4) is 0 Å². The summed E-state index contributed by atoms with van der Waals surface area (Å²) in [7, 11) is 3.08. The Balaban J connectivity index is 2.86. The molecule has 0 N–H and O–H groups in total. The molecule has 116 valence electrons. The lowest BCUT2D eigenvalue weighted by molar-refractivity contribution is -0.143. The van der Waals surface area contributed by atoms with Gasteiger partial charge in [0.15, 0.2) is 11.5 Å². The van der Waals surface area contributed by atoms with Crippen molar-refractivity contribution in [3.63, 3.8) is 0 Å². The van der Waals surface area contributed by atoms with Gasteiger partial charge in [-0.3, -0.25) is 9.59 Å². The number of rotatable bonds is 7. The number of hydrogen-bond donors (Lipinski definition) is 0. The van der Waals surface area contributed by atoms with Gasteiger partial charge in [0.1, 0.15) is 6.54 Å². The largest absolute Gasteiger partial charge is 0.493 e. The average Bonchev–Trinajstić information content (AvgIpc) is 2.46. The lowest BCUT2D eigenvalue weighted by Gasteiger charge is -2.17. The minimum Gasteiger partial charge on any atom is -0.493 e. The third-order valence-corrected chi connectivity index (χ3v) is 2.73. The summed E-state index contributed by atoms with van der Waals surface area (Å²) in [6.07, 6.45) is 0. The number of ether oxygens (including phenoxy) is 3. The number of likely N-dealkylation sites (N-methyl/N-ethyl adjacent to an activating group) is 1. The highest BCUT2D eigenvalue weighted by Gasteiger charge is 2.17. The minimum absolute atomic E-state index is 0.0946. The third-order valence-electron chi connectivity index (χ3n) is 2.73. The van der Waals surface area contributed by atoms with Gasteiger partial charge in [-0.1, -0.05) is 0 Å². The number of methoxy groups -OCH3 is 1. The van der Waals surface area contributed by atoms with Crippen LogP contribution >= 0.6 is 0 Å². The molecule has 0 aliphatic carbocycles. The molecule has 0 aromatic heterocycles. The molecule has 0 atom stereocenters. The first kappa shape index (κ1) is 16.8. The molecule has 0 saturated carbocycles. The highest BCUT2D eigenvalue weighted by Crippen LogP contribution is 2.28. The molecule has 0 unspecified atom stereocenters. The first-order valence-electron chi connectivity index (χ1n) is 6.75. The lowest BCUT2D eigenvalue weighted by atomic mass is 10.1. The number of hydrogen-bond acceptors (Lipinski definition) is 5. The van der Waals surface area contributed by atoms with Gasteiger partial charge in [0.2, 0.25) is 0 Å². The molecule has 0 spiro atoms. The van der Waals surface area contributed by atoms with Gasteiger partial charge in [-0.25, -0.2) is 0 Å². The lowest BCUT2D eigenvalue weighted by Crippen LogP contribution is -2.33. The minimum atomic E-state index is -0.438. The van der Waals surface area contributed by atoms with Crippen LogP contribution in [0.4, 0.5) is 0 Å². The molecule has 1 aromatic rings. The van der Waals surface area contributed by atoms with Crippen molar-refractivity contribution in [1.82, 2.24) is 4.90 Å². The molecule has 0 aliphatic heterocycles. The van der Waals surface area contributed by atoms with E-state index < -0.39 is 5.97 Å². The van der Waals surface area contributed by atoms with Crippen LogP contribution in [-0.4, -0.2) is 50.7 Å². The van der Waals surface area contributed by atoms with Crippen LogP contribution in [-0.2, 0) is 9.53 Å². The Hall–Kier alpha value is -2.24. The van der Waals surface area contributed by atoms with E-state index in [9.17, 15) is 9.59 Å². The normalized spacial score (nSPS) is 9.90. The second-order valence-electron chi connectivity index (χ2n) is 4.26. The fraction of sp³-hybridized carbons (Fsp3) is 0.467. The van der Waals surface area contributed by atoms with Crippen molar-refractivity contribution in [1.29, 1.82) is 0 Å². The van der Waals surface area contributed by atoms with Crippen molar-refractivity contribution in [3.8, 4) is 11.5 Å². The molecule has 0 radical (unpaired) electrons. The summed E-state index contributed by atoms with van der Waals surface area (Å²) in [5, 5.41) is 0. The van der Waals surface area contributed by atoms with Crippen molar-refractivity contribution >= 4 is 11.9 Å². The van der Waals surface area contributed by atoms with E-state index in [1.54, 1.807) is 32.2 Å². The number of amides is 1. The summed E-state index contributed by atoms with van der Waals surface area (Å²) in [5.74, 6) is 0.329. The van der Waals surface area contributed by atoms with E-state index in [1.165, 1.54) is 12.0 Å². The van der Waals surface area contributed by atoms with Gasteiger partial charge < -0.3 is 19.1 Å². The summed E-state index contributed by atoms with van der Waals surface area (Å²) in [6, 6.07) is 4.90. The monoisotopic (exact) mass is 295 g/mol. The Morgan fingerprint density at radius 1 is 1.14 bits per heavy atom. The van der Waals surface area contributed by atoms with Gasteiger partial charge >= 0.3 is 5.97 Å². The van der Waals surface area contributed by atoms with Crippen LogP contribution in [0.5, 0.6) is 11.5 Å². The zero-order valence-electron chi connectivity index (χ0n) is 12.8. The van der Waals surface area contributed by atoms with Gasteiger partial charge in [0.25, 0.3) is 5.91 Å². The van der Waals surface area contributed by atoms with Crippen LogP contribution in [0.2, 0.25) is 0 Å². The van der Waals surface area contributed by atoms with Crippen LogP contribution in [0.25, 0.3) is 0 Å². The average molecular weight is 295 g/mol. The predicted molar refractivity (Wildman–Crippen MR) is 77.8 cm³/mol. The highest BCUT2D eigenvalue weighted by molar-refractivity contribution is 5.96. The summed E-state index contributed by atoms with van der Waals surface area (Å²) < 4.78 is 15.4. The molecule has 21 heavy (non-hydrogen) atoms. The second kappa shape index (κ2) is 8.14. The van der Waals surface area contributed by atoms with Crippen molar-refractivity contribution < 1.29 is 23.8 Å². The molecule has 0 fully saturated rings. The summed E-state index contributed by atoms with van der Waals surface area (Å²) in [6.45, 7) is 4.23. The molecule has 0 heterocycles. The molecule has 6 heteroatoms. The summed E-state index contributed by atoms with van der Waals surface area (Å²) in [4.78, 5) is 25.0. The Morgan fingerprint density at radius 3 is 2.43 bits per heavy atom. The summed E-state index contributed by atoms with van der Waals surface area (Å²) >= 11 is 0. The fourth-order valence-corrected chi connectivity index (χ4v) is 1.77. The Labute approximate surface area is 124 Å². The van der Waals surface area contributed by atoms with Crippen LogP contribution in [0, 0.1) is 0 Å². The van der Waals surface area contributed by atoms with Crippen molar-refractivity contribution in [2.24, 2.45) is 0 Å². The van der Waals surface area contributed by atoms with E-state index in [2.05, 4.69) is 0 Å². The van der Waals surface area contributed by atoms with E-state index in [0.717, 1.165) is 0 Å². The zero-order chi connectivity index (χ0) is 15.8. The Bertz CT molecular complexity index is 501. The molecule has 1 aromatic carbocycles. The van der Waals surface area contributed by atoms with E-state index >= 15 is 0 Å². The van der Waals surface area contributed by atoms with Crippen LogP contribution in [0.1, 0.15) is 24.2 Å². The van der Waals surface area contributed by atoms with Gasteiger partial charge in [0, 0.05) is 12.6 Å². The van der Waals surface area contributed by atoms with Crippen molar-refractivity contribution in [3.05, 3.63) is 23.8 Å². The zero-order valence-corrected chi connectivity index (χ0v) is 12.8. The second-order valence-corrected chi connectivity index (χ2v) is 4.26. The quantitative estimate of drug-likeness (QED) is 0.717. The van der Waals surface area contributed by atoms with Crippen LogP contribution in [0.15, 0.2) is 18.2 Å². The van der Waals surface area contributed by atoms with Gasteiger partial charge in [-0.05, 0) is 32.0 Å². The number of nitrogens with zero attached hydrogens (tertiary/aromatic N) is 1. The summed E-state index contributed by atoms with van der Waals surface area (Å²) in [5.41, 5.74) is 0.422. The molecular weight excluding hydrogens is 274 g/mol. The first-order chi connectivity index (χ1) is 10.0. The predicted octanol–water partition coefficient (Wildman–Crippen LogP) is 1.73. The van der Waals surface area contributed by atoms with Gasteiger partial charge in [0.05, 0.1) is 20.3 Å². The topological polar surface area (TPSA) is 65.1 Å². The van der Waals surface area contributed by atoms with E-state index in [1.807, 2.05) is 6.92 Å². The van der Waals surface area contributed by atoms with Crippen molar-refractivity contribution in [2.75, 3.05) is 33.9 Å². The van der Waals surface area contributed by atoms with Gasteiger partial charge in [-0.15, -0.1) is 0 Å². The maximum atomic E-state index is 12.3. The molecule has 6 nitrogen and oxygen atoms in total. The smallest absolute Gasteiger partial charge is 0.325 e. The third kappa shape index (κ3) is 4.66. The molecule has 0 bridgehead atoms. The van der Waals surface area contributed by atoms with Crippen molar-refractivity contribution in [2.45, 2.75) is 13.8 Å². The fourth-order valence-electron chi connectivity index (χ4n) is 1.77. The Morgan fingerprint density at radius 2 is 1.86 bits per heavy atom. The molecule has 0 saturated heterocycles. The van der Waals surface area contributed by atoms with E-state index in [0.29, 0.717) is 23.7 Å². The number of esters is 1. The maximum absolute atomic E-state index is 12.3. The van der Waals surface area contributed by atoms with Gasteiger partial charge in [-0.2, -0.15) is 0 Å². The Kier molecular flexibility index (Phi) is 6.52. The molecule has 1 amide bonds. The van der Waals surface area contributed by atoms with Crippen LogP contribution < -0.4 is 9.47 Å². The molecular formula is C15H21NO5. The first-order valence-corrected chi connectivity index (χ1v) is 6.75. The molecule has 0 aliphatic rings. The SMILES string of the molecule is CCOC(=O)CN(C)C(=O)c1ccc(OC)c(OCC)c1. The highest BCUT2D eigenvalue weighted by atomic mass is 16.5. The molecule has 1 rings (SSSR count). The number of carbonyl (C=O) groups excluding carboxylic acids is 2.